The number of anilines is 2. The van der Waals surface area contributed by atoms with Crippen molar-refractivity contribution in [1.82, 2.24) is 9.88 Å². The molecular formula is C24H26N4O2S. The van der Waals surface area contributed by atoms with Crippen LogP contribution in [0.5, 0.6) is 0 Å². The third-order valence-corrected chi connectivity index (χ3v) is 6.35. The summed E-state index contributed by atoms with van der Waals surface area (Å²) in [5.41, 5.74) is 2.87. The van der Waals surface area contributed by atoms with E-state index in [4.69, 9.17) is 0 Å². The first-order valence-corrected chi connectivity index (χ1v) is 11.3. The minimum absolute atomic E-state index is 0.0276. The van der Waals surface area contributed by atoms with Gasteiger partial charge in [-0.3, -0.25) is 19.8 Å². The highest BCUT2D eigenvalue weighted by Crippen LogP contribution is 2.29. The standard InChI is InChI=1S/C24H26N4O2S/c1-2-6-22(29)27-24-26-20-10-9-19(15-21(20)31-24)25-23(30)18-11-13-28(14-12-18)16-17-7-4-3-5-8-17/h2-10,15,18H,11-14,16H2,1H3,(H,25,30)(H,26,27,29)/b6-2+. The van der Waals surface area contributed by atoms with Crippen molar-refractivity contribution in [3.63, 3.8) is 0 Å². The maximum atomic E-state index is 12.8. The molecule has 2 amide bonds. The Morgan fingerprint density at radius 2 is 1.90 bits per heavy atom. The van der Waals surface area contributed by atoms with Crippen molar-refractivity contribution in [2.45, 2.75) is 26.3 Å². The largest absolute Gasteiger partial charge is 0.326 e. The van der Waals surface area contributed by atoms with Crippen LogP contribution >= 0.6 is 11.3 Å². The molecule has 2 N–H and O–H groups in total. The molecule has 1 fully saturated rings. The number of rotatable bonds is 6. The van der Waals surface area contributed by atoms with Crippen molar-refractivity contribution in [3.8, 4) is 0 Å². The summed E-state index contributed by atoms with van der Waals surface area (Å²) in [7, 11) is 0. The first-order chi connectivity index (χ1) is 15.1. The first-order valence-electron chi connectivity index (χ1n) is 10.5. The molecule has 6 nitrogen and oxygen atoms in total. The van der Waals surface area contributed by atoms with Gasteiger partial charge < -0.3 is 5.32 Å². The third-order valence-electron chi connectivity index (χ3n) is 5.41. The number of likely N-dealkylation sites (tertiary alicyclic amines) is 1. The van der Waals surface area contributed by atoms with E-state index in [9.17, 15) is 9.59 Å². The minimum atomic E-state index is -0.200. The number of hydrogen-bond acceptors (Lipinski definition) is 5. The number of allylic oxidation sites excluding steroid dienone is 1. The smallest absolute Gasteiger partial charge is 0.249 e. The van der Waals surface area contributed by atoms with Gasteiger partial charge in [-0.1, -0.05) is 47.7 Å². The molecule has 160 valence electrons. The summed E-state index contributed by atoms with van der Waals surface area (Å²) in [6.07, 6.45) is 4.87. The second kappa shape index (κ2) is 9.85. The van der Waals surface area contributed by atoms with Gasteiger partial charge in [-0.2, -0.15) is 0 Å². The highest BCUT2D eigenvalue weighted by molar-refractivity contribution is 7.22. The molecule has 0 saturated carbocycles. The monoisotopic (exact) mass is 434 g/mol. The topological polar surface area (TPSA) is 74.3 Å². The maximum Gasteiger partial charge on any atom is 0.249 e. The predicted octanol–water partition coefficient (Wildman–Crippen LogP) is 4.66. The summed E-state index contributed by atoms with van der Waals surface area (Å²) in [6, 6.07) is 16.1. The van der Waals surface area contributed by atoms with Gasteiger partial charge in [-0.25, -0.2) is 4.98 Å². The Kier molecular flexibility index (Phi) is 6.74. The average Bonchev–Trinajstić information content (AvgIpc) is 3.16. The lowest BCUT2D eigenvalue weighted by atomic mass is 9.95. The quantitative estimate of drug-likeness (QED) is 0.553. The van der Waals surface area contributed by atoms with E-state index in [1.54, 1.807) is 13.0 Å². The lowest BCUT2D eigenvalue weighted by Crippen LogP contribution is -2.37. The summed E-state index contributed by atoms with van der Waals surface area (Å²) in [6.45, 7) is 4.58. The van der Waals surface area contributed by atoms with Gasteiger partial charge in [0.1, 0.15) is 0 Å². The molecule has 0 bridgehead atoms. The summed E-state index contributed by atoms with van der Waals surface area (Å²) in [5, 5.41) is 6.37. The molecule has 1 saturated heterocycles. The van der Waals surface area contributed by atoms with Crippen molar-refractivity contribution in [2.75, 3.05) is 23.7 Å². The number of carbonyl (C=O) groups excluding carboxylic acids is 2. The van der Waals surface area contributed by atoms with Crippen molar-refractivity contribution in [2.24, 2.45) is 5.92 Å². The molecule has 3 aromatic rings. The molecule has 0 unspecified atom stereocenters. The number of hydrogen-bond donors (Lipinski definition) is 2. The summed E-state index contributed by atoms with van der Waals surface area (Å²) >= 11 is 1.39. The molecule has 0 aliphatic carbocycles. The number of thiazole rings is 1. The van der Waals surface area contributed by atoms with Crippen LogP contribution in [0.3, 0.4) is 0 Å². The molecule has 4 rings (SSSR count). The van der Waals surface area contributed by atoms with E-state index in [1.807, 2.05) is 24.3 Å². The second-order valence-corrected chi connectivity index (χ2v) is 8.75. The van der Waals surface area contributed by atoms with Crippen LogP contribution in [-0.4, -0.2) is 34.8 Å². The molecule has 0 atom stereocenters. The van der Waals surface area contributed by atoms with E-state index in [1.165, 1.54) is 23.0 Å². The fourth-order valence-corrected chi connectivity index (χ4v) is 4.70. The van der Waals surface area contributed by atoms with Crippen LogP contribution < -0.4 is 10.6 Å². The Morgan fingerprint density at radius 3 is 2.65 bits per heavy atom. The van der Waals surface area contributed by atoms with Crippen molar-refractivity contribution >= 4 is 44.2 Å². The number of amides is 2. The number of fused-ring (bicyclic) bond motifs is 1. The second-order valence-electron chi connectivity index (χ2n) is 7.72. The number of piperidine rings is 1. The zero-order valence-corrected chi connectivity index (χ0v) is 18.3. The highest BCUT2D eigenvalue weighted by Gasteiger charge is 2.25. The van der Waals surface area contributed by atoms with Crippen LogP contribution in [0.4, 0.5) is 10.8 Å². The van der Waals surface area contributed by atoms with Gasteiger partial charge in [0.15, 0.2) is 5.13 Å². The number of nitrogens with one attached hydrogen (secondary N) is 2. The Balaban J connectivity index is 1.32. The van der Waals surface area contributed by atoms with Gasteiger partial charge in [0.25, 0.3) is 0 Å². The highest BCUT2D eigenvalue weighted by atomic mass is 32.1. The van der Waals surface area contributed by atoms with E-state index in [0.29, 0.717) is 5.13 Å². The Morgan fingerprint density at radius 1 is 1.13 bits per heavy atom. The van der Waals surface area contributed by atoms with E-state index >= 15 is 0 Å². The van der Waals surface area contributed by atoms with Gasteiger partial charge in [-0.15, -0.1) is 0 Å². The van der Waals surface area contributed by atoms with Crippen molar-refractivity contribution in [3.05, 3.63) is 66.2 Å². The molecule has 1 aliphatic heterocycles. The normalized spacial score (nSPS) is 15.4. The molecule has 0 spiro atoms. The Bertz CT molecular complexity index is 1090. The van der Waals surface area contributed by atoms with Crippen LogP contribution in [0.1, 0.15) is 25.3 Å². The fraction of sp³-hybridized carbons (Fsp3) is 0.292. The van der Waals surface area contributed by atoms with Crippen molar-refractivity contribution < 1.29 is 9.59 Å². The van der Waals surface area contributed by atoms with Gasteiger partial charge >= 0.3 is 0 Å². The van der Waals surface area contributed by atoms with Crippen LogP contribution in [0.15, 0.2) is 60.7 Å². The molecule has 2 heterocycles. The zero-order chi connectivity index (χ0) is 21.6. The van der Waals surface area contributed by atoms with Gasteiger partial charge in [0.2, 0.25) is 11.8 Å². The number of aromatic nitrogens is 1. The summed E-state index contributed by atoms with van der Waals surface area (Å²) in [5.74, 6) is -0.0987. The van der Waals surface area contributed by atoms with E-state index in [-0.39, 0.29) is 17.7 Å². The van der Waals surface area contributed by atoms with Gasteiger partial charge in [0.05, 0.1) is 10.2 Å². The number of benzene rings is 2. The number of nitrogens with zero attached hydrogens (tertiary/aromatic N) is 2. The summed E-state index contributed by atoms with van der Waals surface area (Å²) in [4.78, 5) is 31.3. The van der Waals surface area contributed by atoms with E-state index in [0.717, 1.165) is 48.4 Å². The molecule has 31 heavy (non-hydrogen) atoms. The molecule has 0 radical (unpaired) electrons. The number of carbonyl (C=O) groups is 2. The van der Waals surface area contributed by atoms with Gasteiger partial charge in [0, 0.05) is 18.2 Å². The van der Waals surface area contributed by atoms with E-state index < -0.39 is 0 Å². The lowest BCUT2D eigenvalue weighted by Gasteiger charge is -2.31. The summed E-state index contributed by atoms with van der Waals surface area (Å²) < 4.78 is 0.922. The van der Waals surface area contributed by atoms with E-state index in [2.05, 4.69) is 44.8 Å². The SMILES string of the molecule is C/C=C/C(=O)Nc1nc2ccc(NC(=O)C3CCN(Cc4ccccc4)CC3)cc2s1. The third kappa shape index (κ3) is 5.57. The molecule has 2 aromatic carbocycles. The minimum Gasteiger partial charge on any atom is -0.326 e. The Labute approximate surface area is 186 Å². The molecular weight excluding hydrogens is 408 g/mol. The van der Waals surface area contributed by atoms with Crippen molar-refractivity contribution in [1.29, 1.82) is 0 Å². The average molecular weight is 435 g/mol. The van der Waals surface area contributed by atoms with Crippen LogP contribution in [0.2, 0.25) is 0 Å². The van der Waals surface area contributed by atoms with Crippen LogP contribution in [0, 0.1) is 5.92 Å². The first kappa shape index (κ1) is 21.2. The molecule has 1 aliphatic rings. The van der Waals surface area contributed by atoms with Crippen LogP contribution in [-0.2, 0) is 16.1 Å². The molecule has 1 aromatic heterocycles. The zero-order valence-electron chi connectivity index (χ0n) is 17.5. The van der Waals surface area contributed by atoms with Gasteiger partial charge in [-0.05, 0) is 62.7 Å². The Hall–Kier alpha value is -3.03. The predicted molar refractivity (Wildman–Crippen MR) is 126 cm³/mol. The lowest BCUT2D eigenvalue weighted by molar-refractivity contribution is -0.121. The maximum absolute atomic E-state index is 12.8. The molecule has 7 heteroatoms. The van der Waals surface area contributed by atoms with Crippen LogP contribution in [0.25, 0.3) is 10.2 Å². The fourth-order valence-electron chi connectivity index (χ4n) is 3.79.